The average Bonchev–Trinajstić information content (AvgIpc) is 2.31. The molecular formula is C9H14N2OS. The molecule has 1 rings (SSSR count). The summed E-state index contributed by atoms with van der Waals surface area (Å²) in [5.74, 6) is 0.192. The molecule has 1 aromatic heterocycles. The van der Waals surface area contributed by atoms with Crippen LogP contribution in [0, 0.1) is 6.92 Å². The topological polar surface area (TPSA) is 33.2 Å². The zero-order chi connectivity index (χ0) is 10.0. The normalized spacial score (nSPS) is 10.2. The number of rotatable bonds is 3. The van der Waals surface area contributed by atoms with Gasteiger partial charge >= 0.3 is 0 Å². The van der Waals surface area contributed by atoms with Gasteiger partial charge in [0.15, 0.2) is 5.13 Å². The first-order valence-corrected chi connectivity index (χ1v) is 4.95. The van der Waals surface area contributed by atoms with E-state index >= 15 is 0 Å². The number of aryl methyl sites for hydroxylation is 1. The van der Waals surface area contributed by atoms with Gasteiger partial charge < -0.3 is 4.90 Å². The molecule has 0 saturated carbocycles. The second kappa shape index (κ2) is 3.87. The third-order valence-electron chi connectivity index (χ3n) is 1.67. The maximum atomic E-state index is 10.9. The first-order valence-electron chi connectivity index (χ1n) is 4.13. The van der Waals surface area contributed by atoms with Gasteiger partial charge in [0, 0.05) is 25.4 Å². The van der Waals surface area contributed by atoms with Crippen LogP contribution in [-0.4, -0.2) is 24.9 Å². The monoisotopic (exact) mass is 198 g/mol. The van der Waals surface area contributed by atoms with Crippen LogP contribution in [0.25, 0.3) is 0 Å². The van der Waals surface area contributed by atoms with Crippen molar-refractivity contribution < 1.29 is 4.79 Å². The van der Waals surface area contributed by atoms with Gasteiger partial charge in [0.25, 0.3) is 0 Å². The van der Waals surface area contributed by atoms with Crippen LogP contribution in [0.5, 0.6) is 0 Å². The summed E-state index contributed by atoms with van der Waals surface area (Å²) in [4.78, 5) is 18.3. The molecule has 1 heterocycles. The number of thiazole rings is 1. The average molecular weight is 198 g/mol. The van der Waals surface area contributed by atoms with Gasteiger partial charge in [0.1, 0.15) is 5.78 Å². The van der Waals surface area contributed by atoms with E-state index in [4.69, 9.17) is 0 Å². The molecule has 72 valence electrons. The summed E-state index contributed by atoms with van der Waals surface area (Å²) >= 11 is 1.59. The highest BCUT2D eigenvalue weighted by Crippen LogP contribution is 2.24. The molecule has 0 bridgehead atoms. The van der Waals surface area contributed by atoms with Crippen molar-refractivity contribution in [2.75, 3.05) is 19.0 Å². The highest BCUT2D eigenvalue weighted by atomic mass is 32.1. The Morgan fingerprint density at radius 1 is 1.54 bits per heavy atom. The molecule has 0 saturated heterocycles. The molecule has 0 aliphatic carbocycles. The van der Waals surface area contributed by atoms with E-state index in [0.29, 0.717) is 6.42 Å². The van der Waals surface area contributed by atoms with Crippen molar-refractivity contribution in [3.63, 3.8) is 0 Å². The number of ketones is 1. The fourth-order valence-electron chi connectivity index (χ4n) is 0.994. The van der Waals surface area contributed by atoms with Gasteiger partial charge in [-0.3, -0.25) is 4.79 Å². The van der Waals surface area contributed by atoms with Crippen molar-refractivity contribution in [2.45, 2.75) is 20.3 Å². The lowest BCUT2D eigenvalue weighted by Gasteiger charge is -2.05. The number of carbonyl (C=O) groups excluding carboxylic acids is 1. The van der Waals surface area contributed by atoms with Crippen molar-refractivity contribution >= 4 is 22.3 Å². The van der Waals surface area contributed by atoms with Gasteiger partial charge in [-0.25, -0.2) is 4.98 Å². The smallest absolute Gasteiger partial charge is 0.185 e. The van der Waals surface area contributed by atoms with E-state index < -0.39 is 0 Å². The van der Waals surface area contributed by atoms with Crippen LogP contribution in [0.15, 0.2) is 0 Å². The Labute approximate surface area is 82.4 Å². The second-order valence-electron chi connectivity index (χ2n) is 3.28. The van der Waals surface area contributed by atoms with Crippen LogP contribution in [0.1, 0.15) is 17.5 Å². The molecule has 0 aromatic carbocycles. The Morgan fingerprint density at radius 2 is 2.15 bits per heavy atom. The number of anilines is 1. The number of hydrogen-bond donors (Lipinski definition) is 0. The molecule has 0 amide bonds. The molecule has 0 unspecified atom stereocenters. The Morgan fingerprint density at radius 3 is 2.54 bits per heavy atom. The lowest BCUT2D eigenvalue weighted by molar-refractivity contribution is -0.116. The molecule has 1 aromatic rings. The van der Waals surface area contributed by atoms with E-state index in [1.807, 2.05) is 25.9 Å². The lowest BCUT2D eigenvalue weighted by Crippen LogP contribution is -2.07. The number of hydrogen-bond acceptors (Lipinski definition) is 4. The molecule has 0 N–H and O–H groups in total. The lowest BCUT2D eigenvalue weighted by atomic mass is 10.2. The maximum absolute atomic E-state index is 10.9. The van der Waals surface area contributed by atoms with E-state index in [9.17, 15) is 4.79 Å². The van der Waals surface area contributed by atoms with E-state index in [2.05, 4.69) is 4.98 Å². The van der Waals surface area contributed by atoms with Crippen LogP contribution in [0.4, 0.5) is 5.13 Å². The van der Waals surface area contributed by atoms with Crippen LogP contribution >= 0.6 is 11.3 Å². The zero-order valence-corrected chi connectivity index (χ0v) is 9.23. The van der Waals surface area contributed by atoms with E-state index in [1.54, 1.807) is 18.3 Å². The van der Waals surface area contributed by atoms with Crippen molar-refractivity contribution in [3.8, 4) is 0 Å². The second-order valence-corrected chi connectivity index (χ2v) is 4.34. The molecular weight excluding hydrogens is 184 g/mol. The molecule has 4 heteroatoms. The number of Topliss-reactive ketones (excluding diaryl/α,β-unsaturated/α-hetero) is 1. The molecule has 3 nitrogen and oxygen atoms in total. The summed E-state index contributed by atoms with van der Waals surface area (Å²) < 4.78 is 0. The minimum absolute atomic E-state index is 0.192. The van der Waals surface area contributed by atoms with Gasteiger partial charge in [-0.2, -0.15) is 0 Å². The van der Waals surface area contributed by atoms with Crippen molar-refractivity contribution in [1.82, 2.24) is 4.98 Å². The van der Waals surface area contributed by atoms with Crippen molar-refractivity contribution in [1.29, 1.82) is 0 Å². The van der Waals surface area contributed by atoms with Crippen molar-refractivity contribution in [2.24, 2.45) is 0 Å². The SMILES string of the molecule is CC(=O)Cc1sc(N(C)C)nc1C. The standard InChI is InChI=1S/C9H14N2OS/c1-6(12)5-8-7(2)10-9(13-8)11(3)4/h5H2,1-4H3. The Hall–Kier alpha value is -0.900. The molecule has 0 spiro atoms. The Kier molecular flexibility index (Phi) is 3.03. The molecule has 0 aliphatic heterocycles. The fraction of sp³-hybridized carbons (Fsp3) is 0.556. The summed E-state index contributed by atoms with van der Waals surface area (Å²) in [6.45, 7) is 3.55. The minimum atomic E-state index is 0.192. The van der Waals surface area contributed by atoms with Gasteiger partial charge in [-0.1, -0.05) is 0 Å². The highest BCUT2D eigenvalue weighted by molar-refractivity contribution is 7.15. The fourth-order valence-corrected chi connectivity index (χ4v) is 2.05. The van der Waals surface area contributed by atoms with Gasteiger partial charge in [0.2, 0.25) is 0 Å². The molecule has 0 fully saturated rings. The molecule has 0 aliphatic rings. The van der Waals surface area contributed by atoms with Crippen molar-refractivity contribution in [3.05, 3.63) is 10.6 Å². The summed E-state index contributed by atoms with van der Waals surface area (Å²) in [5, 5.41) is 0.966. The highest BCUT2D eigenvalue weighted by Gasteiger charge is 2.09. The number of carbonyl (C=O) groups is 1. The Bertz CT molecular complexity index is 317. The summed E-state index contributed by atoms with van der Waals surface area (Å²) in [6.07, 6.45) is 0.511. The van der Waals surface area contributed by atoms with Gasteiger partial charge in [0.05, 0.1) is 5.69 Å². The predicted octanol–water partition coefficient (Wildman–Crippen LogP) is 1.65. The van der Waals surface area contributed by atoms with Gasteiger partial charge in [-0.05, 0) is 13.8 Å². The van der Waals surface area contributed by atoms with Crippen LogP contribution in [0.3, 0.4) is 0 Å². The van der Waals surface area contributed by atoms with Crippen LogP contribution in [0.2, 0.25) is 0 Å². The molecule has 0 atom stereocenters. The van der Waals surface area contributed by atoms with Gasteiger partial charge in [-0.15, -0.1) is 11.3 Å². The quantitative estimate of drug-likeness (QED) is 0.740. The minimum Gasteiger partial charge on any atom is -0.354 e. The summed E-state index contributed by atoms with van der Waals surface area (Å²) in [5.41, 5.74) is 0.976. The summed E-state index contributed by atoms with van der Waals surface area (Å²) in [6, 6.07) is 0. The maximum Gasteiger partial charge on any atom is 0.185 e. The van der Waals surface area contributed by atoms with Crippen LogP contribution < -0.4 is 4.90 Å². The summed E-state index contributed by atoms with van der Waals surface area (Å²) in [7, 11) is 3.91. The zero-order valence-electron chi connectivity index (χ0n) is 8.42. The largest absolute Gasteiger partial charge is 0.354 e. The molecule has 13 heavy (non-hydrogen) atoms. The third kappa shape index (κ3) is 2.52. The van der Waals surface area contributed by atoms with E-state index in [1.165, 1.54) is 0 Å². The van der Waals surface area contributed by atoms with E-state index in [0.717, 1.165) is 15.7 Å². The van der Waals surface area contributed by atoms with E-state index in [-0.39, 0.29) is 5.78 Å². The first kappa shape index (κ1) is 10.2. The number of nitrogens with zero attached hydrogens (tertiary/aromatic N) is 2. The predicted molar refractivity (Wildman–Crippen MR) is 55.6 cm³/mol. The van der Waals surface area contributed by atoms with Crippen LogP contribution in [-0.2, 0) is 11.2 Å². The number of aromatic nitrogens is 1. The Balaban J connectivity index is 2.89. The third-order valence-corrected chi connectivity index (χ3v) is 3.00. The first-order chi connectivity index (χ1) is 6.00. The molecule has 0 radical (unpaired) electrons.